The van der Waals surface area contributed by atoms with Crippen molar-refractivity contribution >= 4 is 0 Å². The van der Waals surface area contributed by atoms with E-state index in [1.807, 2.05) is 30.3 Å². The molecule has 1 rings (SSSR count). The van der Waals surface area contributed by atoms with Crippen molar-refractivity contribution in [3.8, 4) is 5.75 Å². The summed E-state index contributed by atoms with van der Waals surface area (Å²) in [6.45, 7) is 3.76. The lowest BCUT2D eigenvalue weighted by Gasteiger charge is -2.13. The number of methoxy groups -OCH3 is 1. The minimum Gasteiger partial charge on any atom is -0.491 e. The van der Waals surface area contributed by atoms with Gasteiger partial charge in [-0.2, -0.15) is 0 Å². The van der Waals surface area contributed by atoms with E-state index in [4.69, 9.17) is 14.2 Å². The van der Waals surface area contributed by atoms with E-state index >= 15 is 0 Å². The highest BCUT2D eigenvalue weighted by Gasteiger charge is 2.04. The molecular formula is C16H27NO4. The van der Waals surface area contributed by atoms with Crippen LogP contribution in [0.15, 0.2) is 30.3 Å². The van der Waals surface area contributed by atoms with E-state index < -0.39 is 6.10 Å². The molecule has 0 fully saturated rings. The zero-order chi connectivity index (χ0) is 15.2. The molecule has 1 aromatic carbocycles. The summed E-state index contributed by atoms with van der Waals surface area (Å²) < 4.78 is 15.7. The van der Waals surface area contributed by atoms with E-state index in [9.17, 15) is 5.11 Å². The second-order valence-corrected chi connectivity index (χ2v) is 4.79. The number of ether oxygens (including phenoxy) is 3. The standard InChI is InChI=1S/C16H27NO4/c1-19-11-12-20-10-6-5-9-17-13-15(18)14-21-16-7-3-2-4-8-16/h2-4,7-8,15,17-18H,5-6,9-14H2,1H3. The highest BCUT2D eigenvalue weighted by Crippen LogP contribution is 2.08. The fourth-order valence-corrected chi connectivity index (χ4v) is 1.74. The number of aliphatic hydroxyl groups excluding tert-OH is 1. The van der Waals surface area contributed by atoms with Crippen molar-refractivity contribution in [1.82, 2.24) is 5.32 Å². The van der Waals surface area contributed by atoms with E-state index in [-0.39, 0.29) is 0 Å². The third-order valence-corrected chi connectivity index (χ3v) is 2.89. The van der Waals surface area contributed by atoms with Crippen molar-refractivity contribution in [2.75, 3.05) is 46.6 Å². The maximum Gasteiger partial charge on any atom is 0.119 e. The van der Waals surface area contributed by atoms with Gasteiger partial charge in [0.2, 0.25) is 0 Å². The van der Waals surface area contributed by atoms with Crippen LogP contribution in [0.3, 0.4) is 0 Å². The van der Waals surface area contributed by atoms with Crippen molar-refractivity contribution < 1.29 is 19.3 Å². The first kappa shape index (κ1) is 17.9. The topological polar surface area (TPSA) is 60.0 Å². The zero-order valence-corrected chi connectivity index (χ0v) is 12.8. The molecule has 2 N–H and O–H groups in total. The molecule has 5 nitrogen and oxygen atoms in total. The van der Waals surface area contributed by atoms with Crippen molar-refractivity contribution in [3.63, 3.8) is 0 Å². The number of nitrogens with one attached hydrogen (secondary N) is 1. The predicted molar refractivity (Wildman–Crippen MR) is 82.7 cm³/mol. The van der Waals surface area contributed by atoms with Gasteiger partial charge in [0, 0.05) is 20.3 Å². The molecule has 0 spiro atoms. The second kappa shape index (κ2) is 12.6. The van der Waals surface area contributed by atoms with Crippen LogP contribution in [0.4, 0.5) is 0 Å². The van der Waals surface area contributed by atoms with E-state index in [0.717, 1.165) is 31.7 Å². The van der Waals surface area contributed by atoms with Gasteiger partial charge in [-0.1, -0.05) is 18.2 Å². The highest BCUT2D eigenvalue weighted by atomic mass is 16.5. The molecule has 1 aromatic rings. The van der Waals surface area contributed by atoms with Crippen LogP contribution in [-0.4, -0.2) is 57.8 Å². The average Bonchev–Trinajstić information content (AvgIpc) is 2.52. The van der Waals surface area contributed by atoms with Crippen molar-refractivity contribution in [3.05, 3.63) is 30.3 Å². The zero-order valence-electron chi connectivity index (χ0n) is 12.8. The summed E-state index contributed by atoms with van der Waals surface area (Å²) in [4.78, 5) is 0. The average molecular weight is 297 g/mol. The Morgan fingerprint density at radius 2 is 1.90 bits per heavy atom. The van der Waals surface area contributed by atoms with Gasteiger partial charge in [0.05, 0.1) is 13.2 Å². The van der Waals surface area contributed by atoms with Crippen LogP contribution in [0, 0.1) is 0 Å². The minimum atomic E-state index is -0.497. The monoisotopic (exact) mass is 297 g/mol. The molecule has 1 unspecified atom stereocenters. The summed E-state index contributed by atoms with van der Waals surface area (Å²) in [6.07, 6.45) is 1.54. The number of rotatable bonds is 13. The molecule has 0 aliphatic rings. The molecule has 120 valence electrons. The number of hydrogen-bond acceptors (Lipinski definition) is 5. The summed E-state index contributed by atoms with van der Waals surface area (Å²) >= 11 is 0. The predicted octanol–water partition coefficient (Wildman–Crippen LogP) is 1.46. The third kappa shape index (κ3) is 10.3. The van der Waals surface area contributed by atoms with Gasteiger partial charge in [0.25, 0.3) is 0 Å². The molecule has 0 saturated heterocycles. The van der Waals surface area contributed by atoms with Crippen molar-refractivity contribution in [2.24, 2.45) is 0 Å². The summed E-state index contributed by atoms with van der Waals surface area (Å²) in [5.74, 6) is 0.782. The number of hydrogen-bond donors (Lipinski definition) is 2. The van der Waals surface area contributed by atoms with E-state index in [1.165, 1.54) is 0 Å². The Hall–Kier alpha value is -1.14. The van der Waals surface area contributed by atoms with Crippen molar-refractivity contribution in [1.29, 1.82) is 0 Å². The Morgan fingerprint density at radius 1 is 1.10 bits per heavy atom. The summed E-state index contributed by atoms with van der Waals surface area (Å²) in [6, 6.07) is 9.51. The van der Waals surface area contributed by atoms with Gasteiger partial charge in [0.1, 0.15) is 18.5 Å². The van der Waals surface area contributed by atoms with Gasteiger partial charge in [-0.15, -0.1) is 0 Å². The largest absolute Gasteiger partial charge is 0.491 e. The van der Waals surface area contributed by atoms with Gasteiger partial charge >= 0.3 is 0 Å². The molecule has 5 heteroatoms. The highest BCUT2D eigenvalue weighted by molar-refractivity contribution is 5.20. The van der Waals surface area contributed by atoms with Gasteiger partial charge in [-0.05, 0) is 31.5 Å². The van der Waals surface area contributed by atoms with Crippen LogP contribution in [0.25, 0.3) is 0 Å². The number of aliphatic hydroxyl groups is 1. The lowest BCUT2D eigenvalue weighted by atomic mass is 10.3. The smallest absolute Gasteiger partial charge is 0.119 e. The number of para-hydroxylation sites is 1. The molecule has 1 atom stereocenters. The molecule has 0 aliphatic heterocycles. The molecule has 0 aliphatic carbocycles. The Balaban J connectivity index is 1.88. The third-order valence-electron chi connectivity index (χ3n) is 2.89. The molecule has 0 bridgehead atoms. The fourth-order valence-electron chi connectivity index (χ4n) is 1.74. The lowest BCUT2D eigenvalue weighted by Crippen LogP contribution is -2.32. The summed E-state index contributed by atoms with van der Waals surface area (Å²) in [7, 11) is 1.67. The molecule has 0 heterocycles. The fraction of sp³-hybridized carbons (Fsp3) is 0.625. The van der Waals surface area contributed by atoms with Crippen LogP contribution < -0.4 is 10.1 Å². The summed E-state index contributed by atoms with van der Waals surface area (Å²) in [5, 5.41) is 13.0. The van der Waals surface area contributed by atoms with Crippen molar-refractivity contribution in [2.45, 2.75) is 18.9 Å². The molecular weight excluding hydrogens is 270 g/mol. The van der Waals surface area contributed by atoms with E-state index in [2.05, 4.69) is 5.32 Å². The van der Waals surface area contributed by atoms with Gasteiger partial charge < -0.3 is 24.6 Å². The van der Waals surface area contributed by atoms with Crippen LogP contribution in [-0.2, 0) is 9.47 Å². The molecule has 0 amide bonds. The SMILES string of the molecule is COCCOCCCCNCC(O)COc1ccccc1. The maximum absolute atomic E-state index is 9.78. The van der Waals surface area contributed by atoms with E-state index in [0.29, 0.717) is 26.4 Å². The Bertz CT molecular complexity index is 334. The minimum absolute atomic E-state index is 0.303. The normalized spacial score (nSPS) is 12.3. The Kier molecular flexibility index (Phi) is 10.7. The molecule has 21 heavy (non-hydrogen) atoms. The quantitative estimate of drug-likeness (QED) is 0.540. The van der Waals surface area contributed by atoms with E-state index in [1.54, 1.807) is 7.11 Å². The Labute approximate surface area is 127 Å². The maximum atomic E-state index is 9.78. The van der Waals surface area contributed by atoms with Gasteiger partial charge in [-0.25, -0.2) is 0 Å². The molecule has 0 aromatic heterocycles. The molecule has 0 saturated carbocycles. The van der Waals surface area contributed by atoms with Crippen LogP contribution in [0.1, 0.15) is 12.8 Å². The number of benzene rings is 1. The van der Waals surface area contributed by atoms with Gasteiger partial charge in [-0.3, -0.25) is 0 Å². The Morgan fingerprint density at radius 3 is 2.67 bits per heavy atom. The molecule has 0 radical (unpaired) electrons. The first-order valence-electron chi connectivity index (χ1n) is 7.46. The van der Waals surface area contributed by atoms with Gasteiger partial charge in [0.15, 0.2) is 0 Å². The van der Waals surface area contributed by atoms with Crippen LogP contribution >= 0.6 is 0 Å². The van der Waals surface area contributed by atoms with Crippen LogP contribution in [0.5, 0.6) is 5.75 Å². The number of unbranched alkanes of at least 4 members (excludes halogenated alkanes) is 1. The first-order chi connectivity index (χ1) is 10.3. The summed E-state index contributed by atoms with van der Waals surface area (Å²) in [5.41, 5.74) is 0. The van der Waals surface area contributed by atoms with Crippen LogP contribution in [0.2, 0.25) is 0 Å². The first-order valence-corrected chi connectivity index (χ1v) is 7.46. The second-order valence-electron chi connectivity index (χ2n) is 4.79. The lowest BCUT2D eigenvalue weighted by molar-refractivity contribution is 0.0685.